The SMILES string of the molecule is CCCCOc1ccc(C)cc1-c1cnc2nnc(C)n2c1. The molecule has 0 spiro atoms. The predicted molar refractivity (Wildman–Crippen MR) is 86.1 cm³/mol. The maximum Gasteiger partial charge on any atom is 0.254 e. The minimum absolute atomic E-state index is 0.613. The van der Waals surface area contributed by atoms with Gasteiger partial charge in [0.25, 0.3) is 5.78 Å². The molecule has 0 radical (unpaired) electrons. The fourth-order valence-corrected chi connectivity index (χ4v) is 2.36. The van der Waals surface area contributed by atoms with Gasteiger partial charge in [-0.05, 0) is 32.4 Å². The second-order valence-electron chi connectivity index (χ2n) is 5.46. The summed E-state index contributed by atoms with van der Waals surface area (Å²) in [6.45, 7) is 6.88. The number of nitrogens with zero attached hydrogens (tertiary/aromatic N) is 4. The van der Waals surface area contributed by atoms with E-state index in [9.17, 15) is 0 Å². The Bertz CT molecular complexity index is 794. The van der Waals surface area contributed by atoms with Gasteiger partial charge in [0.1, 0.15) is 11.6 Å². The lowest BCUT2D eigenvalue weighted by atomic mass is 10.1. The molecule has 3 aromatic rings. The summed E-state index contributed by atoms with van der Waals surface area (Å²) in [4.78, 5) is 4.38. The normalized spacial score (nSPS) is 11.0. The van der Waals surface area contributed by atoms with Crippen LogP contribution in [0.25, 0.3) is 16.9 Å². The Hall–Kier alpha value is -2.43. The molecule has 5 nitrogen and oxygen atoms in total. The summed E-state index contributed by atoms with van der Waals surface area (Å²) in [6, 6.07) is 6.23. The fraction of sp³-hybridized carbons (Fsp3) is 0.353. The molecule has 1 aromatic carbocycles. The van der Waals surface area contributed by atoms with Gasteiger partial charge in [-0.15, -0.1) is 10.2 Å². The van der Waals surface area contributed by atoms with Crippen molar-refractivity contribution in [2.45, 2.75) is 33.6 Å². The van der Waals surface area contributed by atoms with Crippen molar-refractivity contribution in [3.8, 4) is 16.9 Å². The van der Waals surface area contributed by atoms with Gasteiger partial charge < -0.3 is 4.74 Å². The largest absolute Gasteiger partial charge is 0.493 e. The standard InChI is InChI=1S/C17H20N4O/c1-4-5-8-22-16-7-6-12(2)9-15(16)14-10-18-17-20-19-13(3)21(17)11-14/h6-7,9-11H,4-5,8H2,1-3H3. The van der Waals surface area contributed by atoms with E-state index in [-0.39, 0.29) is 0 Å². The molecule has 3 rings (SSSR count). The van der Waals surface area contributed by atoms with Gasteiger partial charge in [-0.25, -0.2) is 4.98 Å². The van der Waals surface area contributed by atoms with Crippen molar-refractivity contribution in [2.75, 3.05) is 6.61 Å². The number of fused-ring (bicyclic) bond motifs is 1. The maximum atomic E-state index is 5.94. The Morgan fingerprint density at radius 1 is 1.18 bits per heavy atom. The summed E-state index contributed by atoms with van der Waals surface area (Å²) >= 11 is 0. The van der Waals surface area contributed by atoms with E-state index in [2.05, 4.69) is 41.2 Å². The molecule has 114 valence electrons. The second kappa shape index (κ2) is 6.13. The summed E-state index contributed by atoms with van der Waals surface area (Å²) in [5.41, 5.74) is 3.25. The first-order valence-electron chi connectivity index (χ1n) is 7.60. The molecule has 0 aliphatic rings. The summed E-state index contributed by atoms with van der Waals surface area (Å²) in [5, 5.41) is 8.07. The Morgan fingerprint density at radius 2 is 2.05 bits per heavy atom. The molecule has 0 N–H and O–H groups in total. The van der Waals surface area contributed by atoms with Crippen molar-refractivity contribution in [3.05, 3.63) is 42.0 Å². The molecule has 0 fully saturated rings. The number of rotatable bonds is 5. The van der Waals surface area contributed by atoms with E-state index in [0.717, 1.165) is 42.1 Å². The smallest absolute Gasteiger partial charge is 0.254 e. The van der Waals surface area contributed by atoms with Crippen LogP contribution < -0.4 is 4.74 Å². The van der Waals surface area contributed by atoms with Crippen LogP contribution in [0.4, 0.5) is 0 Å². The van der Waals surface area contributed by atoms with Gasteiger partial charge >= 0.3 is 0 Å². The monoisotopic (exact) mass is 296 g/mol. The van der Waals surface area contributed by atoms with Crippen molar-refractivity contribution < 1.29 is 4.74 Å². The minimum atomic E-state index is 0.613. The van der Waals surface area contributed by atoms with E-state index in [1.807, 2.05) is 29.8 Å². The number of hydrogen-bond acceptors (Lipinski definition) is 4. The Labute approximate surface area is 130 Å². The molecule has 0 unspecified atom stereocenters. The van der Waals surface area contributed by atoms with Gasteiger partial charge in [-0.1, -0.05) is 25.0 Å². The van der Waals surface area contributed by atoms with E-state index in [4.69, 9.17) is 4.74 Å². The summed E-state index contributed by atoms with van der Waals surface area (Å²) in [7, 11) is 0. The van der Waals surface area contributed by atoms with Gasteiger partial charge in [0.05, 0.1) is 6.61 Å². The molecule has 0 bridgehead atoms. The number of aromatic nitrogens is 4. The topological polar surface area (TPSA) is 52.3 Å². The van der Waals surface area contributed by atoms with E-state index >= 15 is 0 Å². The van der Waals surface area contributed by atoms with Crippen LogP contribution in [-0.4, -0.2) is 26.2 Å². The third kappa shape index (κ3) is 2.79. The Kier molecular flexibility index (Phi) is 4.04. The van der Waals surface area contributed by atoms with Crippen LogP contribution in [0.2, 0.25) is 0 Å². The zero-order chi connectivity index (χ0) is 15.5. The highest BCUT2D eigenvalue weighted by Gasteiger charge is 2.10. The number of unbranched alkanes of at least 4 members (excludes halogenated alkanes) is 1. The number of hydrogen-bond donors (Lipinski definition) is 0. The number of aryl methyl sites for hydroxylation is 2. The van der Waals surface area contributed by atoms with Crippen molar-refractivity contribution in [1.29, 1.82) is 0 Å². The van der Waals surface area contributed by atoms with E-state index in [1.165, 1.54) is 5.56 Å². The third-order valence-corrected chi connectivity index (χ3v) is 3.64. The molecule has 0 aliphatic heterocycles. The predicted octanol–water partition coefficient (Wildman–Crippen LogP) is 3.59. The first-order chi connectivity index (χ1) is 10.7. The zero-order valence-corrected chi connectivity index (χ0v) is 13.2. The molecule has 2 aromatic heterocycles. The fourth-order valence-electron chi connectivity index (χ4n) is 2.36. The lowest BCUT2D eigenvalue weighted by Crippen LogP contribution is -1.99. The molecule has 0 saturated heterocycles. The lowest BCUT2D eigenvalue weighted by Gasteiger charge is -2.12. The summed E-state index contributed by atoms with van der Waals surface area (Å²) in [6.07, 6.45) is 6.01. The number of ether oxygens (including phenoxy) is 1. The van der Waals surface area contributed by atoms with Crippen LogP contribution in [0.5, 0.6) is 5.75 Å². The summed E-state index contributed by atoms with van der Waals surface area (Å²) in [5.74, 6) is 2.33. The zero-order valence-electron chi connectivity index (χ0n) is 13.2. The average molecular weight is 296 g/mol. The molecule has 2 heterocycles. The maximum absolute atomic E-state index is 5.94. The Morgan fingerprint density at radius 3 is 2.86 bits per heavy atom. The highest BCUT2D eigenvalue weighted by Crippen LogP contribution is 2.31. The highest BCUT2D eigenvalue weighted by atomic mass is 16.5. The van der Waals surface area contributed by atoms with Gasteiger partial charge in [0, 0.05) is 23.5 Å². The van der Waals surface area contributed by atoms with E-state index in [0.29, 0.717) is 5.78 Å². The molecule has 0 aliphatic carbocycles. The van der Waals surface area contributed by atoms with Crippen LogP contribution in [0, 0.1) is 13.8 Å². The first-order valence-corrected chi connectivity index (χ1v) is 7.60. The second-order valence-corrected chi connectivity index (χ2v) is 5.46. The van der Waals surface area contributed by atoms with Gasteiger partial charge in [-0.3, -0.25) is 4.40 Å². The van der Waals surface area contributed by atoms with Gasteiger partial charge in [0.15, 0.2) is 0 Å². The molecule has 0 atom stereocenters. The van der Waals surface area contributed by atoms with Crippen molar-refractivity contribution in [1.82, 2.24) is 19.6 Å². The summed E-state index contributed by atoms with van der Waals surface area (Å²) < 4.78 is 7.84. The lowest BCUT2D eigenvalue weighted by molar-refractivity contribution is 0.310. The van der Waals surface area contributed by atoms with Gasteiger partial charge in [-0.2, -0.15) is 0 Å². The van der Waals surface area contributed by atoms with Crippen LogP contribution >= 0.6 is 0 Å². The van der Waals surface area contributed by atoms with Crippen LogP contribution in [0.3, 0.4) is 0 Å². The molecule has 0 amide bonds. The number of benzene rings is 1. The van der Waals surface area contributed by atoms with E-state index < -0.39 is 0 Å². The molecule has 5 heteroatoms. The van der Waals surface area contributed by atoms with Crippen LogP contribution in [-0.2, 0) is 0 Å². The molecule has 22 heavy (non-hydrogen) atoms. The molecule has 0 saturated carbocycles. The van der Waals surface area contributed by atoms with Crippen LogP contribution in [0.1, 0.15) is 31.2 Å². The van der Waals surface area contributed by atoms with Crippen molar-refractivity contribution in [2.24, 2.45) is 0 Å². The van der Waals surface area contributed by atoms with E-state index in [1.54, 1.807) is 0 Å². The Balaban J connectivity index is 2.03. The minimum Gasteiger partial charge on any atom is -0.493 e. The van der Waals surface area contributed by atoms with Crippen molar-refractivity contribution >= 4 is 5.78 Å². The van der Waals surface area contributed by atoms with Crippen LogP contribution in [0.15, 0.2) is 30.6 Å². The molecular weight excluding hydrogens is 276 g/mol. The highest BCUT2D eigenvalue weighted by molar-refractivity contribution is 5.70. The third-order valence-electron chi connectivity index (χ3n) is 3.64. The average Bonchev–Trinajstić information content (AvgIpc) is 2.90. The molecular formula is C17H20N4O. The first kappa shape index (κ1) is 14.5. The quantitative estimate of drug-likeness (QED) is 0.675. The van der Waals surface area contributed by atoms with Crippen molar-refractivity contribution in [3.63, 3.8) is 0 Å². The van der Waals surface area contributed by atoms with Gasteiger partial charge in [0.2, 0.25) is 0 Å².